The molecule has 2 atom stereocenters. The van der Waals surface area contributed by atoms with Crippen LogP contribution in [0.3, 0.4) is 0 Å². The van der Waals surface area contributed by atoms with Gasteiger partial charge in [-0.25, -0.2) is 9.97 Å². The van der Waals surface area contributed by atoms with E-state index < -0.39 is 5.91 Å². The first-order chi connectivity index (χ1) is 12.7. The van der Waals surface area contributed by atoms with Crippen LogP contribution in [-0.4, -0.2) is 46.1 Å². The van der Waals surface area contributed by atoms with Gasteiger partial charge in [0.2, 0.25) is 0 Å². The second-order valence-corrected chi connectivity index (χ2v) is 8.59. The largest absolute Gasteiger partial charge is 0.373 e. The summed E-state index contributed by atoms with van der Waals surface area (Å²) in [6, 6.07) is 0. The second kappa shape index (κ2) is 8.78. The topological polar surface area (TPSA) is 67.4 Å². The van der Waals surface area contributed by atoms with Gasteiger partial charge in [-0.1, -0.05) is 46.4 Å². The molecule has 0 aliphatic carbocycles. The summed E-state index contributed by atoms with van der Waals surface area (Å²) >= 11 is 25.1. The maximum absolute atomic E-state index is 12.5. The van der Waals surface area contributed by atoms with Crippen molar-refractivity contribution in [3.63, 3.8) is 0 Å². The molecule has 2 unspecified atom stereocenters. The minimum Gasteiger partial charge on any atom is -0.373 e. The number of hydrogen-bond donors (Lipinski definition) is 1. The third-order valence-corrected chi connectivity index (χ3v) is 6.34. The Labute approximate surface area is 180 Å². The zero-order valence-corrected chi connectivity index (χ0v) is 18.3. The average molecular weight is 470 g/mol. The number of anilines is 1. The summed E-state index contributed by atoms with van der Waals surface area (Å²) in [6.07, 6.45) is 0.360. The van der Waals surface area contributed by atoms with Gasteiger partial charge >= 0.3 is 0 Å². The number of rotatable bonds is 4. The van der Waals surface area contributed by atoms with E-state index in [2.05, 4.69) is 34.0 Å². The average Bonchev–Trinajstić information content (AvgIpc) is 3.02. The van der Waals surface area contributed by atoms with Gasteiger partial charge in [0.05, 0.1) is 33.0 Å². The van der Waals surface area contributed by atoms with Crippen LogP contribution in [-0.2, 0) is 11.3 Å². The van der Waals surface area contributed by atoms with Crippen molar-refractivity contribution >= 4 is 68.8 Å². The van der Waals surface area contributed by atoms with Crippen molar-refractivity contribution in [2.75, 3.05) is 18.4 Å². The van der Waals surface area contributed by atoms with E-state index in [1.54, 1.807) is 0 Å². The number of hydrogen-bond acceptors (Lipinski definition) is 6. The fourth-order valence-electron chi connectivity index (χ4n) is 2.87. The molecule has 1 saturated heterocycles. The van der Waals surface area contributed by atoms with Crippen LogP contribution in [0.4, 0.5) is 5.13 Å². The predicted molar refractivity (Wildman–Crippen MR) is 110 cm³/mol. The number of pyridine rings is 1. The highest BCUT2D eigenvalue weighted by atomic mass is 35.5. The molecule has 146 valence electrons. The first-order valence-corrected chi connectivity index (χ1v) is 10.5. The molecule has 3 rings (SSSR count). The van der Waals surface area contributed by atoms with E-state index in [0.29, 0.717) is 11.7 Å². The van der Waals surface area contributed by atoms with E-state index in [1.165, 1.54) is 11.3 Å². The van der Waals surface area contributed by atoms with Gasteiger partial charge < -0.3 is 4.74 Å². The monoisotopic (exact) mass is 468 g/mol. The molecule has 0 radical (unpaired) electrons. The molecule has 27 heavy (non-hydrogen) atoms. The molecule has 0 bridgehead atoms. The van der Waals surface area contributed by atoms with E-state index in [9.17, 15) is 4.79 Å². The molecule has 0 spiro atoms. The molecule has 1 aliphatic rings. The van der Waals surface area contributed by atoms with E-state index in [0.717, 1.165) is 18.8 Å². The Balaban J connectivity index is 1.68. The molecule has 1 amide bonds. The van der Waals surface area contributed by atoms with Crippen molar-refractivity contribution in [2.45, 2.75) is 32.6 Å². The summed E-state index contributed by atoms with van der Waals surface area (Å²) in [5, 5.41) is 4.84. The fourth-order valence-corrected chi connectivity index (χ4v) is 4.38. The number of ether oxygens (including phenoxy) is 1. The van der Waals surface area contributed by atoms with Crippen molar-refractivity contribution in [3.05, 3.63) is 37.0 Å². The van der Waals surface area contributed by atoms with Gasteiger partial charge in [-0.05, 0) is 13.8 Å². The first kappa shape index (κ1) is 21.0. The molecular weight excluding hydrogens is 454 g/mol. The molecule has 6 nitrogen and oxygen atoms in total. The van der Waals surface area contributed by atoms with E-state index in [4.69, 9.17) is 51.1 Å². The summed E-state index contributed by atoms with van der Waals surface area (Å²) in [5.74, 6) is -0.560. The van der Waals surface area contributed by atoms with Gasteiger partial charge in [-0.2, -0.15) is 0 Å². The molecule has 0 aromatic carbocycles. The maximum atomic E-state index is 12.5. The Morgan fingerprint density at radius 2 is 1.85 bits per heavy atom. The Morgan fingerprint density at radius 3 is 2.52 bits per heavy atom. The van der Waals surface area contributed by atoms with Crippen LogP contribution in [0.1, 0.15) is 30.0 Å². The summed E-state index contributed by atoms with van der Waals surface area (Å²) in [6.45, 7) is 6.46. The van der Waals surface area contributed by atoms with Gasteiger partial charge in [0, 0.05) is 25.0 Å². The Kier molecular flexibility index (Phi) is 6.84. The number of thiazole rings is 1. The Hall–Kier alpha value is -0.670. The molecule has 11 heteroatoms. The van der Waals surface area contributed by atoms with Crippen LogP contribution in [0.15, 0.2) is 5.38 Å². The zero-order valence-electron chi connectivity index (χ0n) is 14.4. The molecule has 1 aliphatic heterocycles. The third kappa shape index (κ3) is 5.03. The van der Waals surface area contributed by atoms with E-state index >= 15 is 0 Å². The van der Waals surface area contributed by atoms with Gasteiger partial charge in [-0.3, -0.25) is 15.0 Å². The van der Waals surface area contributed by atoms with Crippen molar-refractivity contribution in [1.82, 2.24) is 14.9 Å². The zero-order chi connectivity index (χ0) is 19.7. The van der Waals surface area contributed by atoms with Crippen molar-refractivity contribution in [1.29, 1.82) is 0 Å². The number of nitrogens with zero attached hydrogens (tertiary/aromatic N) is 3. The van der Waals surface area contributed by atoms with Gasteiger partial charge in [0.15, 0.2) is 10.8 Å². The predicted octanol–water partition coefficient (Wildman–Crippen LogP) is 5.01. The third-order valence-electron chi connectivity index (χ3n) is 3.85. The minimum atomic E-state index is -0.560. The Bertz CT molecular complexity index is 853. The number of halogens is 4. The lowest BCUT2D eigenvalue weighted by atomic mass is 10.2. The molecule has 2 aromatic rings. The van der Waals surface area contributed by atoms with Crippen molar-refractivity contribution < 1.29 is 9.53 Å². The van der Waals surface area contributed by atoms with Crippen LogP contribution >= 0.6 is 57.7 Å². The van der Waals surface area contributed by atoms with Crippen molar-refractivity contribution in [3.8, 4) is 0 Å². The smallest absolute Gasteiger partial charge is 0.277 e. The SMILES string of the molecule is CC1CN(Cc2csc(NC(=O)c3nc(Cl)c(Cl)c(Cl)c3Cl)n2)CC(C)O1. The number of carbonyl (C=O) groups excluding carboxylic acids is 1. The van der Waals surface area contributed by atoms with Crippen LogP contribution < -0.4 is 5.32 Å². The summed E-state index contributed by atoms with van der Waals surface area (Å²) < 4.78 is 5.73. The minimum absolute atomic E-state index is 0.00499. The molecule has 0 saturated carbocycles. The van der Waals surface area contributed by atoms with Crippen molar-refractivity contribution in [2.24, 2.45) is 0 Å². The highest BCUT2D eigenvalue weighted by Gasteiger charge is 2.24. The van der Waals surface area contributed by atoms with Gasteiger partial charge in [0.1, 0.15) is 5.15 Å². The lowest BCUT2D eigenvalue weighted by Crippen LogP contribution is -2.44. The normalized spacial score (nSPS) is 20.7. The molecular formula is C16H16Cl4N4O2S. The molecule has 3 heterocycles. The number of amides is 1. The fraction of sp³-hybridized carbons (Fsp3) is 0.438. The lowest BCUT2D eigenvalue weighted by molar-refractivity contribution is -0.0707. The number of aromatic nitrogens is 2. The highest BCUT2D eigenvalue weighted by molar-refractivity contribution is 7.14. The van der Waals surface area contributed by atoms with Crippen LogP contribution in [0, 0.1) is 0 Å². The summed E-state index contributed by atoms with van der Waals surface area (Å²) in [5.41, 5.74) is 0.756. The molecule has 1 fully saturated rings. The first-order valence-electron chi connectivity index (χ1n) is 8.08. The number of nitrogens with one attached hydrogen (secondary N) is 1. The van der Waals surface area contributed by atoms with Crippen LogP contribution in [0.5, 0.6) is 0 Å². The maximum Gasteiger partial charge on any atom is 0.277 e. The van der Waals surface area contributed by atoms with Gasteiger partial charge in [-0.15, -0.1) is 11.3 Å². The van der Waals surface area contributed by atoms with E-state index in [1.807, 2.05) is 5.38 Å². The molecule has 2 aromatic heterocycles. The number of carbonyl (C=O) groups is 1. The summed E-state index contributed by atoms with van der Waals surface area (Å²) in [7, 11) is 0. The standard InChI is InChI=1S/C16H16Cl4N4O2S/c1-7-3-24(4-8(2)26-7)5-9-6-27-16(21-9)23-15(25)13-11(18)10(17)12(19)14(20)22-13/h6-8H,3-5H2,1-2H3,(H,21,23,25). The van der Waals surface area contributed by atoms with Gasteiger partial charge in [0.25, 0.3) is 5.91 Å². The van der Waals surface area contributed by atoms with E-state index in [-0.39, 0.29) is 38.1 Å². The highest BCUT2D eigenvalue weighted by Crippen LogP contribution is 2.36. The number of morpholine rings is 1. The lowest BCUT2D eigenvalue weighted by Gasteiger charge is -2.34. The quantitative estimate of drug-likeness (QED) is 0.637. The van der Waals surface area contributed by atoms with Crippen LogP contribution in [0.25, 0.3) is 0 Å². The Morgan fingerprint density at radius 1 is 1.19 bits per heavy atom. The second-order valence-electron chi connectivity index (χ2n) is 6.24. The molecule has 1 N–H and O–H groups in total. The summed E-state index contributed by atoms with van der Waals surface area (Å²) in [4.78, 5) is 23.1. The van der Waals surface area contributed by atoms with Crippen LogP contribution in [0.2, 0.25) is 20.2 Å².